The van der Waals surface area contributed by atoms with Crippen LogP contribution in [0, 0.1) is 0 Å². The Bertz CT molecular complexity index is 534. The molecule has 0 amide bonds. The second-order valence-electron chi connectivity index (χ2n) is 3.51. The molecule has 0 saturated heterocycles. The third-order valence-corrected chi connectivity index (χ3v) is 2.11. The van der Waals surface area contributed by atoms with E-state index in [4.69, 9.17) is 4.42 Å². The Morgan fingerprint density at radius 2 is 2.25 bits per heavy atom. The average molecular weight is 225 g/mol. The Labute approximate surface area is 90.1 Å². The van der Waals surface area contributed by atoms with Gasteiger partial charge in [-0.15, -0.1) is 0 Å². The lowest BCUT2D eigenvalue weighted by atomic mass is 10.2. The third-order valence-electron chi connectivity index (χ3n) is 2.11. The summed E-state index contributed by atoms with van der Waals surface area (Å²) in [6.07, 6.45) is -2.45. The van der Waals surface area contributed by atoms with Crippen LogP contribution in [0.25, 0.3) is 11.1 Å². The molecular formula is C11H9F2NO2. The highest BCUT2D eigenvalue weighted by molar-refractivity contribution is 5.79. The number of Topliss-reactive ketones (excluding diaryl/α,β-unsaturated/α-hetero) is 1. The Kier molecular flexibility index (Phi) is 2.68. The first kappa shape index (κ1) is 10.7. The molecule has 0 saturated carbocycles. The van der Waals surface area contributed by atoms with Crippen LogP contribution in [0.1, 0.15) is 24.8 Å². The molecule has 1 heterocycles. The first-order valence-electron chi connectivity index (χ1n) is 4.73. The van der Waals surface area contributed by atoms with Crippen LogP contribution in [0.5, 0.6) is 0 Å². The quantitative estimate of drug-likeness (QED) is 0.806. The molecule has 0 unspecified atom stereocenters. The van der Waals surface area contributed by atoms with Crippen molar-refractivity contribution in [1.82, 2.24) is 4.98 Å². The van der Waals surface area contributed by atoms with Crippen molar-refractivity contribution in [3.05, 3.63) is 29.7 Å². The number of ketones is 1. The number of oxazole rings is 1. The van der Waals surface area contributed by atoms with Crippen LogP contribution in [0.15, 0.2) is 22.6 Å². The molecule has 0 atom stereocenters. The highest BCUT2D eigenvalue weighted by Gasteiger charge is 2.12. The van der Waals surface area contributed by atoms with Crippen LogP contribution in [0.3, 0.4) is 0 Å². The largest absolute Gasteiger partial charge is 0.440 e. The summed E-state index contributed by atoms with van der Waals surface area (Å²) in [6, 6.07) is 4.00. The van der Waals surface area contributed by atoms with Gasteiger partial charge >= 0.3 is 0 Å². The summed E-state index contributed by atoms with van der Waals surface area (Å²) in [5, 5.41) is 0. The van der Waals surface area contributed by atoms with Crippen molar-refractivity contribution in [3.63, 3.8) is 0 Å². The van der Waals surface area contributed by atoms with E-state index in [0.717, 1.165) is 0 Å². The van der Waals surface area contributed by atoms with Gasteiger partial charge in [0.1, 0.15) is 11.3 Å². The molecular weight excluding hydrogens is 216 g/mol. The lowest BCUT2D eigenvalue weighted by Crippen LogP contribution is -1.95. The van der Waals surface area contributed by atoms with E-state index in [1.807, 2.05) is 0 Å². The normalized spacial score (nSPS) is 11.2. The second-order valence-corrected chi connectivity index (χ2v) is 3.51. The lowest BCUT2D eigenvalue weighted by Gasteiger charge is -1.96. The zero-order chi connectivity index (χ0) is 11.7. The fourth-order valence-electron chi connectivity index (χ4n) is 1.42. The smallest absolute Gasteiger partial charge is 0.263 e. The van der Waals surface area contributed by atoms with E-state index in [0.29, 0.717) is 11.1 Å². The molecule has 0 fully saturated rings. The predicted octanol–water partition coefficient (Wildman–Crippen LogP) is 2.90. The molecule has 0 aliphatic heterocycles. The van der Waals surface area contributed by atoms with Crippen molar-refractivity contribution in [2.75, 3.05) is 0 Å². The van der Waals surface area contributed by atoms with Gasteiger partial charge in [0.2, 0.25) is 5.89 Å². The van der Waals surface area contributed by atoms with E-state index in [-0.39, 0.29) is 23.7 Å². The number of aromatic nitrogens is 1. The van der Waals surface area contributed by atoms with Crippen LogP contribution < -0.4 is 0 Å². The van der Waals surface area contributed by atoms with Gasteiger partial charge in [-0.3, -0.25) is 4.79 Å². The Hall–Kier alpha value is -1.78. The molecule has 1 aromatic heterocycles. The SMILES string of the molecule is CC(=O)Cc1nc2cc(C(F)F)ccc2o1. The van der Waals surface area contributed by atoms with E-state index in [9.17, 15) is 13.6 Å². The third kappa shape index (κ3) is 2.08. The highest BCUT2D eigenvalue weighted by Crippen LogP contribution is 2.24. The van der Waals surface area contributed by atoms with Crippen molar-refractivity contribution >= 4 is 16.9 Å². The Morgan fingerprint density at radius 3 is 2.88 bits per heavy atom. The fourth-order valence-corrected chi connectivity index (χ4v) is 1.42. The molecule has 16 heavy (non-hydrogen) atoms. The zero-order valence-corrected chi connectivity index (χ0v) is 8.54. The van der Waals surface area contributed by atoms with Gasteiger partial charge in [-0.05, 0) is 25.1 Å². The molecule has 1 aromatic carbocycles. The van der Waals surface area contributed by atoms with Gasteiger partial charge in [0.05, 0.1) is 6.42 Å². The van der Waals surface area contributed by atoms with Crippen LogP contribution in [0.2, 0.25) is 0 Å². The zero-order valence-electron chi connectivity index (χ0n) is 8.54. The molecule has 0 radical (unpaired) electrons. The number of fused-ring (bicyclic) bond motifs is 1. The van der Waals surface area contributed by atoms with E-state index < -0.39 is 6.43 Å². The summed E-state index contributed by atoms with van der Waals surface area (Å²) < 4.78 is 30.0. The maximum atomic E-state index is 12.4. The van der Waals surface area contributed by atoms with E-state index in [2.05, 4.69) is 4.98 Å². The van der Waals surface area contributed by atoms with Crippen molar-refractivity contribution in [2.24, 2.45) is 0 Å². The molecule has 0 spiro atoms. The number of hydrogen-bond acceptors (Lipinski definition) is 3. The molecule has 2 rings (SSSR count). The van der Waals surface area contributed by atoms with E-state index >= 15 is 0 Å². The van der Waals surface area contributed by atoms with Gasteiger partial charge in [0.25, 0.3) is 6.43 Å². The minimum Gasteiger partial charge on any atom is -0.440 e. The molecule has 0 aliphatic carbocycles. The standard InChI is InChI=1S/C11H9F2NO2/c1-6(15)4-10-14-8-5-7(11(12)13)2-3-9(8)16-10/h2-3,5,11H,4H2,1H3. The molecule has 5 heteroatoms. The number of halogens is 2. The molecule has 0 N–H and O–H groups in total. The van der Waals surface area contributed by atoms with Gasteiger partial charge in [0.15, 0.2) is 5.58 Å². The number of carbonyl (C=O) groups is 1. The molecule has 0 bridgehead atoms. The first-order chi connectivity index (χ1) is 7.56. The number of benzene rings is 1. The maximum Gasteiger partial charge on any atom is 0.263 e. The monoisotopic (exact) mass is 225 g/mol. The van der Waals surface area contributed by atoms with Crippen molar-refractivity contribution in [3.8, 4) is 0 Å². The highest BCUT2D eigenvalue weighted by atomic mass is 19.3. The van der Waals surface area contributed by atoms with Crippen LogP contribution >= 0.6 is 0 Å². The summed E-state index contributed by atoms with van der Waals surface area (Å²) in [5.41, 5.74) is 0.671. The van der Waals surface area contributed by atoms with Gasteiger partial charge < -0.3 is 4.42 Å². The number of rotatable bonds is 3. The summed E-state index contributed by atoms with van der Waals surface area (Å²) in [7, 11) is 0. The van der Waals surface area contributed by atoms with Gasteiger partial charge in [-0.25, -0.2) is 13.8 Å². The van der Waals surface area contributed by atoms with Crippen molar-refractivity contribution < 1.29 is 18.0 Å². The van der Waals surface area contributed by atoms with E-state index in [1.54, 1.807) is 0 Å². The van der Waals surface area contributed by atoms with Crippen LogP contribution in [-0.2, 0) is 11.2 Å². The minimum atomic E-state index is -2.53. The predicted molar refractivity (Wildman–Crippen MR) is 53.4 cm³/mol. The minimum absolute atomic E-state index is 0.0820. The number of alkyl halides is 2. The number of carbonyl (C=O) groups excluding carboxylic acids is 1. The molecule has 3 nitrogen and oxygen atoms in total. The second kappa shape index (κ2) is 4.00. The summed E-state index contributed by atoms with van der Waals surface area (Å²) in [4.78, 5) is 14.8. The first-order valence-corrected chi connectivity index (χ1v) is 4.73. The van der Waals surface area contributed by atoms with E-state index in [1.165, 1.54) is 25.1 Å². The fraction of sp³-hybridized carbons (Fsp3) is 0.273. The molecule has 2 aromatic rings. The van der Waals surface area contributed by atoms with Crippen LogP contribution in [0.4, 0.5) is 8.78 Å². The van der Waals surface area contributed by atoms with Gasteiger partial charge in [-0.2, -0.15) is 0 Å². The summed E-state index contributed by atoms with van der Waals surface area (Å²) >= 11 is 0. The lowest BCUT2D eigenvalue weighted by molar-refractivity contribution is -0.116. The van der Waals surface area contributed by atoms with Crippen LogP contribution in [-0.4, -0.2) is 10.8 Å². The number of hydrogen-bond donors (Lipinski definition) is 0. The topological polar surface area (TPSA) is 43.1 Å². The van der Waals surface area contributed by atoms with Crippen molar-refractivity contribution in [1.29, 1.82) is 0 Å². The van der Waals surface area contributed by atoms with Gasteiger partial charge in [0, 0.05) is 5.56 Å². The summed E-state index contributed by atoms with van der Waals surface area (Å²) in [6.45, 7) is 1.42. The van der Waals surface area contributed by atoms with Crippen molar-refractivity contribution in [2.45, 2.75) is 19.8 Å². The molecule has 84 valence electrons. The molecule has 0 aliphatic rings. The Balaban J connectivity index is 2.41. The summed E-state index contributed by atoms with van der Waals surface area (Å²) in [5.74, 6) is 0.176. The average Bonchev–Trinajstić information content (AvgIpc) is 2.56. The number of nitrogens with zero attached hydrogens (tertiary/aromatic N) is 1. The Morgan fingerprint density at radius 1 is 1.50 bits per heavy atom. The maximum absolute atomic E-state index is 12.4. The van der Waals surface area contributed by atoms with Gasteiger partial charge in [-0.1, -0.05) is 0 Å².